The number of thioether (sulfide) groups is 1. The molecule has 8 heteroatoms. The standard InChI is InChI=1S/C24H23N3O4S/c1-3-30-23(28)16-32-24-26-25-22(27(24)18-11-13-19(29-2)14-12-18)15-31-21-10-6-8-17-7-4-5-9-20(17)21/h4-14H,3,15-16H2,1-2H3. The summed E-state index contributed by atoms with van der Waals surface area (Å²) >= 11 is 1.27. The maximum Gasteiger partial charge on any atom is 0.316 e. The monoisotopic (exact) mass is 449 g/mol. The molecular weight excluding hydrogens is 426 g/mol. The van der Waals surface area contributed by atoms with Gasteiger partial charge in [0.05, 0.1) is 19.5 Å². The van der Waals surface area contributed by atoms with Crippen LogP contribution in [0.4, 0.5) is 0 Å². The number of hydrogen-bond acceptors (Lipinski definition) is 7. The van der Waals surface area contributed by atoms with E-state index in [4.69, 9.17) is 14.2 Å². The van der Waals surface area contributed by atoms with Gasteiger partial charge in [-0.15, -0.1) is 10.2 Å². The Morgan fingerprint density at radius 2 is 1.78 bits per heavy atom. The van der Waals surface area contributed by atoms with Crippen LogP contribution in [0.25, 0.3) is 16.5 Å². The number of esters is 1. The van der Waals surface area contributed by atoms with Crippen LogP contribution < -0.4 is 9.47 Å². The Balaban J connectivity index is 1.62. The molecule has 0 saturated heterocycles. The molecule has 0 unspecified atom stereocenters. The van der Waals surface area contributed by atoms with E-state index < -0.39 is 0 Å². The third-order valence-electron chi connectivity index (χ3n) is 4.76. The van der Waals surface area contributed by atoms with Crippen molar-refractivity contribution in [3.63, 3.8) is 0 Å². The van der Waals surface area contributed by atoms with E-state index in [1.165, 1.54) is 11.8 Å². The Morgan fingerprint density at radius 1 is 1.00 bits per heavy atom. The SMILES string of the molecule is CCOC(=O)CSc1nnc(COc2cccc3ccccc23)n1-c1ccc(OC)cc1. The van der Waals surface area contributed by atoms with Crippen LogP contribution in [0.3, 0.4) is 0 Å². The van der Waals surface area contributed by atoms with Gasteiger partial charge in [-0.05, 0) is 42.6 Å². The number of carbonyl (C=O) groups is 1. The largest absolute Gasteiger partial charge is 0.497 e. The van der Waals surface area contributed by atoms with E-state index in [1.54, 1.807) is 14.0 Å². The Hall–Kier alpha value is -3.52. The number of benzene rings is 3. The molecule has 4 aromatic rings. The van der Waals surface area contributed by atoms with Gasteiger partial charge < -0.3 is 14.2 Å². The van der Waals surface area contributed by atoms with Crippen molar-refractivity contribution in [3.8, 4) is 17.2 Å². The summed E-state index contributed by atoms with van der Waals surface area (Å²) in [4.78, 5) is 11.8. The van der Waals surface area contributed by atoms with Crippen LogP contribution in [0.1, 0.15) is 12.7 Å². The van der Waals surface area contributed by atoms with Crippen LogP contribution in [0.2, 0.25) is 0 Å². The number of ether oxygens (including phenoxy) is 3. The molecule has 164 valence electrons. The molecule has 0 radical (unpaired) electrons. The third-order valence-corrected chi connectivity index (χ3v) is 5.66. The summed E-state index contributed by atoms with van der Waals surface area (Å²) < 4.78 is 18.3. The highest BCUT2D eigenvalue weighted by atomic mass is 32.2. The van der Waals surface area contributed by atoms with Crippen molar-refractivity contribution in [2.75, 3.05) is 19.5 Å². The van der Waals surface area contributed by atoms with Crippen molar-refractivity contribution in [2.24, 2.45) is 0 Å². The second kappa shape index (κ2) is 10.2. The minimum absolute atomic E-state index is 0.145. The van der Waals surface area contributed by atoms with Gasteiger partial charge in [0.1, 0.15) is 18.1 Å². The zero-order valence-electron chi connectivity index (χ0n) is 17.9. The second-order valence-electron chi connectivity index (χ2n) is 6.79. The smallest absolute Gasteiger partial charge is 0.316 e. The van der Waals surface area contributed by atoms with Gasteiger partial charge >= 0.3 is 5.97 Å². The van der Waals surface area contributed by atoms with Gasteiger partial charge in [0, 0.05) is 11.1 Å². The van der Waals surface area contributed by atoms with Crippen LogP contribution in [0.15, 0.2) is 71.9 Å². The molecule has 0 saturated carbocycles. The van der Waals surface area contributed by atoms with Crippen LogP contribution in [-0.2, 0) is 16.1 Å². The van der Waals surface area contributed by atoms with Crippen LogP contribution in [-0.4, -0.2) is 40.2 Å². The number of fused-ring (bicyclic) bond motifs is 1. The lowest BCUT2D eigenvalue weighted by molar-refractivity contribution is -0.139. The lowest BCUT2D eigenvalue weighted by Crippen LogP contribution is -2.09. The average molecular weight is 450 g/mol. The molecule has 1 heterocycles. The van der Waals surface area contributed by atoms with E-state index >= 15 is 0 Å². The highest BCUT2D eigenvalue weighted by Gasteiger charge is 2.17. The zero-order valence-corrected chi connectivity index (χ0v) is 18.7. The summed E-state index contributed by atoms with van der Waals surface area (Å²) in [7, 11) is 1.62. The van der Waals surface area contributed by atoms with Crippen molar-refractivity contribution in [1.29, 1.82) is 0 Å². The Bertz CT molecular complexity index is 1200. The van der Waals surface area contributed by atoms with E-state index in [9.17, 15) is 4.79 Å². The first-order valence-electron chi connectivity index (χ1n) is 10.2. The average Bonchev–Trinajstić information content (AvgIpc) is 3.24. The molecule has 7 nitrogen and oxygen atoms in total. The lowest BCUT2D eigenvalue weighted by Gasteiger charge is -2.12. The second-order valence-corrected chi connectivity index (χ2v) is 7.73. The maximum absolute atomic E-state index is 11.8. The topological polar surface area (TPSA) is 75.5 Å². The number of methoxy groups -OCH3 is 1. The third kappa shape index (κ3) is 4.86. The summed E-state index contributed by atoms with van der Waals surface area (Å²) in [5.74, 6) is 1.99. The predicted octanol–water partition coefficient (Wildman–Crippen LogP) is 4.66. The molecule has 0 aliphatic rings. The van der Waals surface area contributed by atoms with Crippen LogP contribution >= 0.6 is 11.8 Å². The fourth-order valence-electron chi connectivity index (χ4n) is 3.27. The molecule has 3 aromatic carbocycles. The molecule has 0 amide bonds. The Labute approximate surface area is 190 Å². The van der Waals surface area contributed by atoms with Crippen molar-refractivity contribution < 1.29 is 19.0 Å². The highest BCUT2D eigenvalue weighted by Crippen LogP contribution is 2.28. The first-order valence-corrected chi connectivity index (χ1v) is 11.2. The van der Waals surface area contributed by atoms with E-state index in [2.05, 4.69) is 10.2 Å². The molecule has 0 fully saturated rings. The van der Waals surface area contributed by atoms with Gasteiger partial charge in [-0.3, -0.25) is 9.36 Å². The molecular formula is C24H23N3O4S. The van der Waals surface area contributed by atoms with Crippen molar-refractivity contribution in [2.45, 2.75) is 18.7 Å². The summed E-state index contributed by atoms with van der Waals surface area (Å²) in [5, 5.41) is 11.4. The van der Waals surface area contributed by atoms with Gasteiger partial charge in [0.25, 0.3) is 0 Å². The van der Waals surface area contributed by atoms with Crippen molar-refractivity contribution in [3.05, 3.63) is 72.6 Å². The first-order chi connectivity index (χ1) is 15.7. The highest BCUT2D eigenvalue weighted by molar-refractivity contribution is 7.99. The van der Waals surface area contributed by atoms with Gasteiger partial charge in [-0.1, -0.05) is 48.2 Å². The fourth-order valence-corrected chi connectivity index (χ4v) is 4.04. The van der Waals surface area contributed by atoms with E-state index in [1.807, 2.05) is 71.3 Å². The minimum Gasteiger partial charge on any atom is -0.497 e. The molecule has 4 rings (SSSR count). The molecule has 0 bridgehead atoms. The van der Waals surface area contributed by atoms with Crippen LogP contribution in [0, 0.1) is 0 Å². The fraction of sp³-hybridized carbons (Fsp3) is 0.208. The van der Waals surface area contributed by atoms with Crippen molar-refractivity contribution in [1.82, 2.24) is 14.8 Å². The molecule has 1 aromatic heterocycles. The molecule has 0 aliphatic heterocycles. The number of aromatic nitrogens is 3. The quantitative estimate of drug-likeness (QED) is 0.272. The molecule has 0 N–H and O–H groups in total. The summed E-state index contributed by atoms with van der Waals surface area (Å²) in [6, 6.07) is 21.6. The van der Waals surface area contributed by atoms with Crippen LogP contribution in [0.5, 0.6) is 11.5 Å². The Kier molecular flexibility index (Phi) is 6.91. The summed E-state index contributed by atoms with van der Waals surface area (Å²) in [6.07, 6.45) is 0. The van der Waals surface area contributed by atoms with E-state index in [0.29, 0.717) is 17.6 Å². The summed E-state index contributed by atoms with van der Waals surface area (Å²) in [6.45, 7) is 2.34. The molecule has 0 aliphatic carbocycles. The van der Waals surface area contributed by atoms with Gasteiger partial charge in [0.2, 0.25) is 0 Å². The van der Waals surface area contributed by atoms with E-state index in [-0.39, 0.29) is 18.3 Å². The molecule has 0 spiro atoms. The zero-order chi connectivity index (χ0) is 22.3. The number of rotatable bonds is 9. The Morgan fingerprint density at radius 3 is 2.56 bits per heavy atom. The maximum atomic E-state index is 11.8. The number of nitrogens with zero attached hydrogens (tertiary/aromatic N) is 3. The predicted molar refractivity (Wildman–Crippen MR) is 124 cm³/mol. The lowest BCUT2D eigenvalue weighted by atomic mass is 10.1. The number of carbonyl (C=O) groups excluding carboxylic acids is 1. The van der Waals surface area contributed by atoms with Crippen molar-refractivity contribution >= 4 is 28.5 Å². The molecule has 32 heavy (non-hydrogen) atoms. The molecule has 0 atom stereocenters. The normalized spacial score (nSPS) is 10.8. The first kappa shape index (κ1) is 21.7. The summed E-state index contributed by atoms with van der Waals surface area (Å²) in [5.41, 5.74) is 0.846. The van der Waals surface area contributed by atoms with E-state index in [0.717, 1.165) is 28.0 Å². The minimum atomic E-state index is -0.296. The number of hydrogen-bond donors (Lipinski definition) is 0. The van der Waals surface area contributed by atoms with Gasteiger partial charge in [-0.2, -0.15) is 0 Å². The van der Waals surface area contributed by atoms with Gasteiger partial charge in [-0.25, -0.2) is 0 Å². The van der Waals surface area contributed by atoms with Gasteiger partial charge in [0.15, 0.2) is 11.0 Å².